The van der Waals surface area contributed by atoms with Gasteiger partial charge in [0.15, 0.2) is 0 Å². The molecule has 3 nitrogen and oxygen atoms in total. The molecule has 200 valence electrons. The largest absolute Gasteiger partial charge is 0.446 e. The monoisotopic (exact) mass is 485 g/mol. The van der Waals surface area contributed by atoms with Crippen molar-refractivity contribution in [1.82, 2.24) is 5.32 Å². The van der Waals surface area contributed by atoms with Crippen molar-refractivity contribution in [3.05, 3.63) is 11.6 Å². The smallest absolute Gasteiger partial charge is 0.407 e. The summed E-state index contributed by atoms with van der Waals surface area (Å²) in [6, 6.07) is 0. The summed E-state index contributed by atoms with van der Waals surface area (Å²) < 4.78 is 5.85. The van der Waals surface area contributed by atoms with Gasteiger partial charge in [0.1, 0.15) is 6.10 Å². The van der Waals surface area contributed by atoms with Gasteiger partial charge in [0.05, 0.1) is 0 Å². The highest BCUT2D eigenvalue weighted by Gasteiger charge is 2.59. The predicted molar refractivity (Wildman–Crippen MR) is 146 cm³/mol. The van der Waals surface area contributed by atoms with Crippen molar-refractivity contribution < 1.29 is 9.53 Å². The van der Waals surface area contributed by atoms with E-state index in [0.717, 1.165) is 67.7 Å². The van der Waals surface area contributed by atoms with Crippen LogP contribution in [0.25, 0.3) is 0 Å². The van der Waals surface area contributed by atoms with E-state index in [-0.39, 0.29) is 12.2 Å². The summed E-state index contributed by atoms with van der Waals surface area (Å²) in [4.78, 5) is 12.2. The molecule has 4 aliphatic rings. The van der Waals surface area contributed by atoms with Gasteiger partial charge in [-0.05, 0) is 97.7 Å². The zero-order valence-corrected chi connectivity index (χ0v) is 23.8. The average Bonchev–Trinajstić information content (AvgIpc) is 3.16. The molecular weight excluding hydrogens is 430 g/mol. The molecule has 0 aromatic heterocycles. The Bertz CT molecular complexity index is 759. The summed E-state index contributed by atoms with van der Waals surface area (Å²) in [5, 5.41) is 2.94. The Kier molecular flexibility index (Phi) is 8.64. The molecule has 6 unspecified atom stereocenters. The van der Waals surface area contributed by atoms with E-state index in [0.29, 0.717) is 10.8 Å². The molecule has 8 atom stereocenters. The molecule has 3 heteroatoms. The van der Waals surface area contributed by atoms with Gasteiger partial charge in [0.2, 0.25) is 0 Å². The van der Waals surface area contributed by atoms with Crippen molar-refractivity contribution in [3.8, 4) is 0 Å². The number of hydrogen-bond acceptors (Lipinski definition) is 2. The normalized spacial score (nSPS) is 39.3. The van der Waals surface area contributed by atoms with Crippen LogP contribution < -0.4 is 5.32 Å². The first-order valence-electron chi connectivity index (χ1n) is 15.3. The number of fused-ring (bicyclic) bond motifs is 5. The lowest BCUT2D eigenvalue weighted by Gasteiger charge is -2.58. The summed E-state index contributed by atoms with van der Waals surface area (Å²) in [5.41, 5.74) is 2.48. The van der Waals surface area contributed by atoms with Crippen LogP contribution in [0.3, 0.4) is 0 Å². The standard InChI is InChI=1S/C32H55NO2/c1-7-8-20-33-30(34)35-25-16-18-31(5)24(21-25)12-13-26-28-15-14-27(23(4)11-9-10-22(2)3)32(28,6)19-17-29(26)31/h12,22-23,25-29H,7-11,13-21H2,1-6H3,(H,33,34)/t23?,25?,26?,27?,28?,29?,31-,32+/m0/s1. The lowest BCUT2D eigenvalue weighted by Crippen LogP contribution is -2.51. The number of carbonyl (C=O) groups is 1. The predicted octanol–water partition coefficient (Wildman–Crippen LogP) is 8.92. The molecule has 0 saturated heterocycles. The van der Waals surface area contributed by atoms with E-state index in [1.54, 1.807) is 5.57 Å². The van der Waals surface area contributed by atoms with E-state index >= 15 is 0 Å². The van der Waals surface area contributed by atoms with Gasteiger partial charge in [0.25, 0.3) is 0 Å². The Hall–Kier alpha value is -0.990. The minimum atomic E-state index is -0.214. The fraction of sp³-hybridized carbons (Fsp3) is 0.906. The van der Waals surface area contributed by atoms with Crippen molar-refractivity contribution in [2.45, 2.75) is 131 Å². The molecule has 3 fully saturated rings. The third kappa shape index (κ3) is 5.49. The quantitative estimate of drug-likeness (QED) is 0.261. The van der Waals surface area contributed by atoms with Gasteiger partial charge < -0.3 is 10.1 Å². The van der Waals surface area contributed by atoms with Gasteiger partial charge in [0, 0.05) is 13.0 Å². The maximum Gasteiger partial charge on any atom is 0.407 e. The summed E-state index contributed by atoms with van der Waals surface area (Å²) in [6.07, 6.45) is 19.0. The Balaban J connectivity index is 1.39. The Labute approximate surface area is 216 Å². The van der Waals surface area contributed by atoms with Gasteiger partial charge in [-0.25, -0.2) is 4.79 Å². The van der Waals surface area contributed by atoms with Crippen LogP contribution in [0, 0.1) is 46.3 Å². The van der Waals surface area contributed by atoms with Crippen LogP contribution in [-0.4, -0.2) is 18.7 Å². The average molecular weight is 486 g/mol. The Morgan fingerprint density at radius 1 is 1.06 bits per heavy atom. The maximum absolute atomic E-state index is 12.2. The van der Waals surface area contributed by atoms with Crippen LogP contribution in [0.2, 0.25) is 0 Å². The van der Waals surface area contributed by atoms with Crippen molar-refractivity contribution >= 4 is 6.09 Å². The van der Waals surface area contributed by atoms with Crippen molar-refractivity contribution in [1.29, 1.82) is 0 Å². The van der Waals surface area contributed by atoms with Gasteiger partial charge in [-0.1, -0.05) is 78.9 Å². The summed E-state index contributed by atoms with van der Waals surface area (Å²) in [7, 11) is 0. The third-order valence-electron chi connectivity index (χ3n) is 11.3. The van der Waals surface area contributed by atoms with Crippen LogP contribution >= 0.6 is 0 Å². The first-order valence-corrected chi connectivity index (χ1v) is 15.3. The molecule has 4 rings (SSSR count). The number of alkyl carbamates (subject to hydrolysis) is 1. The summed E-state index contributed by atoms with van der Waals surface area (Å²) in [5.74, 6) is 5.24. The van der Waals surface area contributed by atoms with Crippen LogP contribution in [0.4, 0.5) is 4.79 Å². The minimum Gasteiger partial charge on any atom is -0.446 e. The van der Waals surface area contributed by atoms with Crippen LogP contribution in [0.5, 0.6) is 0 Å². The molecule has 0 aromatic carbocycles. The van der Waals surface area contributed by atoms with Crippen molar-refractivity contribution in [2.24, 2.45) is 46.3 Å². The topological polar surface area (TPSA) is 38.3 Å². The molecule has 3 saturated carbocycles. The van der Waals surface area contributed by atoms with E-state index in [9.17, 15) is 4.79 Å². The van der Waals surface area contributed by atoms with Gasteiger partial charge >= 0.3 is 6.09 Å². The molecule has 0 bridgehead atoms. The van der Waals surface area contributed by atoms with Gasteiger partial charge in [-0.2, -0.15) is 0 Å². The highest BCUT2D eigenvalue weighted by Crippen LogP contribution is 2.67. The van der Waals surface area contributed by atoms with Crippen molar-refractivity contribution in [3.63, 3.8) is 0 Å². The van der Waals surface area contributed by atoms with Crippen LogP contribution in [0.15, 0.2) is 11.6 Å². The first-order chi connectivity index (χ1) is 16.7. The minimum absolute atomic E-state index is 0.0592. The number of nitrogens with one attached hydrogen (secondary N) is 1. The van der Waals surface area contributed by atoms with E-state index in [4.69, 9.17) is 4.74 Å². The molecule has 0 spiro atoms. The van der Waals surface area contributed by atoms with Gasteiger partial charge in [-0.15, -0.1) is 0 Å². The zero-order chi connectivity index (χ0) is 25.2. The van der Waals surface area contributed by atoms with Crippen LogP contribution in [-0.2, 0) is 4.74 Å². The first kappa shape index (κ1) is 27.1. The molecule has 0 aromatic rings. The van der Waals surface area contributed by atoms with E-state index in [1.807, 2.05) is 0 Å². The van der Waals surface area contributed by atoms with Crippen molar-refractivity contribution in [2.75, 3.05) is 6.54 Å². The van der Waals surface area contributed by atoms with Crippen LogP contribution in [0.1, 0.15) is 125 Å². The van der Waals surface area contributed by atoms with E-state index in [1.165, 1.54) is 57.8 Å². The lowest BCUT2D eigenvalue weighted by atomic mass is 9.47. The SMILES string of the molecule is CCCCNC(=O)OC1CC[C@@]2(C)C(=CCC3C4CCC(C(C)CCCC(C)C)[C@@]4(C)CCC32)C1. The maximum atomic E-state index is 12.2. The highest BCUT2D eigenvalue weighted by atomic mass is 16.6. The fourth-order valence-corrected chi connectivity index (χ4v) is 9.31. The lowest BCUT2D eigenvalue weighted by molar-refractivity contribution is -0.0581. The van der Waals surface area contributed by atoms with E-state index in [2.05, 4.69) is 52.9 Å². The Morgan fingerprint density at radius 3 is 2.60 bits per heavy atom. The zero-order valence-electron chi connectivity index (χ0n) is 23.8. The van der Waals surface area contributed by atoms with E-state index < -0.39 is 0 Å². The number of ether oxygens (including phenoxy) is 1. The molecule has 0 aliphatic heterocycles. The number of allylic oxidation sites excluding steroid dienone is 1. The second-order valence-electron chi connectivity index (χ2n) is 13.8. The third-order valence-corrected chi connectivity index (χ3v) is 11.3. The number of rotatable bonds is 9. The highest BCUT2D eigenvalue weighted by molar-refractivity contribution is 5.67. The number of amides is 1. The molecular formula is C32H55NO2. The fourth-order valence-electron chi connectivity index (χ4n) is 9.31. The molecule has 4 aliphatic carbocycles. The molecule has 35 heavy (non-hydrogen) atoms. The Morgan fingerprint density at radius 2 is 1.86 bits per heavy atom. The molecule has 0 heterocycles. The summed E-state index contributed by atoms with van der Waals surface area (Å²) >= 11 is 0. The number of carbonyl (C=O) groups excluding carboxylic acids is 1. The number of hydrogen-bond donors (Lipinski definition) is 1. The number of unbranched alkanes of at least 4 members (excludes halogenated alkanes) is 1. The summed E-state index contributed by atoms with van der Waals surface area (Å²) in [6.45, 7) is 15.4. The molecule has 1 N–H and O–H groups in total. The molecule has 0 radical (unpaired) electrons. The molecule has 1 amide bonds. The second kappa shape index (κ2) is 11.2. The second-order valence-corrected chi connectivity index (χ2v) is 13.8. The van der Waals surface area contributed by atoms with Gasteiger partial charge in [-0.3, -0.25) is 0 Å².